The molecule has 0 amide bonds. The first kappa shape index (κ1) is 70.0. The van der Waals surface area contributed by atoms with Crippen LogP contribution in [0.25, 0.3) is 0 Å². The largest absolute Gasteiger partial charge is 0.472 e. The van der Waals surface area contributed by atoms with Gasteiger partial charge in [-0.15, -0.1) is 0 Å². The predicted molar refractivity (Wildman–Crippen MR) is 307 cm³/mol. The van der Waals surface area contributed by atoms with Crippen LogP contribution in [0.1, 0.15) is 284 Å². The molecule has 0 aromatic carbocycles. The molecule has 0 aliphatic carbocycles. The summed E-state index contributed by atoms with van der Waals surface area (Å²) in [5.74, 6) is -0.837. The van der Waals surface area contributed by atoms with Crippen LogP contribution in [0.3, 0.4) is 0 Å². The Hall–Kier alpha value is -2.03. The SMILES string of the molecule is CC/C=C\C/C=C\C/C=C\C/C=C\CCCCC(=O)OC(COC(=O)CCCCCCCCCCCCCCCCCCCCCCCCCCCCCCCCCCC)COP(=O)(O)OCC[N+](C)(C)C. The highest BCUT2D eigenvalue weighted by Crippen LogP contribution is 2.43. The molecular formula is C62H117NO8P+. The molecule has 72 heavy (non-hydrogen) atoms. The number of esters is 2. The molecule has 0 saturated heterocycles. The van der Waals surface area contributed by atoms with Crippen LogP contribution in [0.15, 0.2) is 48.6 Å². The number of phosphoric ester groups is 1. The van der Waals surface area contributed by atoms with E-state index < -0.39 is 26.5 Å². The topological polar surface area (TPSA) is 108 Å². The highest BCUT2D eigenvalue weighted by molar-refractivity contribution is 7.47. The molecule has 1 N–H and O–H groups in total. The Balaban J connectivity index is 3.98. The lowest BCUT2D eigenvalue weighted by Crippen LogP contribution is -2.37. The van der Waals surface area contributed by atoms with Crippen molar-refractivity contribution in [1.29, 1.82) is 0 Å². The van der Waals surface area contributed by atoms with Crippen molar-refractivity contribution < 1.29 is 42.1 Å². The second-order valence-corrected chi connectivity index (χ2v) is 23.2. The average molecular weight is 1040 g/mol. The van der Waals surface area contributed by atoms with Crippen molar-refractivity contribution in [1.82, 2.24) is 0 Å². The Bertz CT molecular complexity index is 1360. The summed E-state index contributed by atoms with van der Waals surface area (Å²) in [6.45, 7) is 4.30. The van der Waals surface area contributed by atoms with Gasteiger partial charge in [-0.25, -0.2) is 4.57 Å². The molecule has 422 valence electrons. The van der Waals surface area contributed by atoms with Crippen molar-refractivity contribution >= 4 is 19.8 Å². The molecule has 2 atom stereocenters. The summed E-state index contributed by atoms with van der Waals surface area (Å²) in [5, 5.41) is 0. The number of rotatable bonds is 56. The molecule has 0 bridgehead atoms. The number of ether oxygens (including phenoxy) is 2. The van der Waals surface area contributed by atoms with Crippen LogP contribution in [0.5, 0.6) is 0 Å². The van der Waals surface area contributed by atoms with Gasteiger partial charge in [0.2, 0.25) is 0 Å². The van der Waals surface area contributed by atoms with Crippen molar-refractivity contribution in [2.24, 2.45) is 0 Å². The molecule has 0 radical (unpaired) electrons. The first-order valence-corrected chi connectivity index (χ1v) is 31.9. The summed E-state index contributed by atoms with van der Waals surface area (Å²) in [6, 6.07) is 0. The van der Waals surface area contributed by atoms with Crippen molar-refractivity contribution in [2.45, 2.75) is 290 Å². The van der Waals surface area contributed by atoms with E-state index in [2.05, 4.69) is 62.5 Å². The van der Waals surface area contributed by atoms with Crippen molar-refractivity contribution in [3.8, 4) is 0 Å². The van der Waals surface area contributed by atoms with Crippen LogP contribution >= 0.6 is 7.82 Å². The molecule has 0 aromatic rings. The molecule has 0 spiro atoms. The Labute approximate surface area is 445 Å². The molecule has 9 nitrogen and oxygen atoms in total. The van der Waals surface area contributed by atoms with E-state index in [0.29, 0.717) is 17.4 Å². The molecule has 0 rings (SSSR count). The van der Waals surface area contributed by atoms with E-state index in [1.165, 1.54) is 193 Å². The van der Waals surface area contributed by atoms with E-state index in [4.69, 9.17) is 18.5 Å². The number of hydrogen-bond donors (Lipinski definition) is 1. The van der Waals surface area contributed by atoms with Gasteiger partial charge in [-0.1, -0.05) is 268 Å². The number of carbonyl (C=O) groups is 2. The highest BCUT2D eigenvalue weighted by Gasteiger charge is 2.27. The van der Waals surface area contributed by atoms with Crippen molar-refractivity contribution in [2.75, 3.05) is 47.5 Å². The zero-order valence-corrected chi connectivity index (χ0v) is 48.8. The monoisotopic (exact) mass is 1030 g/mol. The number of nitrogens with zero attached hydrogens (tertiary/aromatic N) is 1. The van der Waals surface area contributed by atoms with E-state index in [-0.39, 0.29) is 32.0 Å². The smallest absolute Gasteiger partial charge is 0.462 e. The average Bonchev–Trinajstić information content (AvgIpc) is 3.34. The fourth-order valence-electron chi connectivity index (χ4n) is 8.72. The summed E-state index contributed by atoms with van der Waals surface area (Å²) in [4.78, 5) is 35.6. The third-order valence-electron chi connectivity index (χ3n) is 13.4. The van der Waals surface area contributed by atoms with Gasteiger partial charge in [0.1, 0.15) is 19.8 Å². The van der Waals surface area contributed by atoms with E-state index >= 15 is 0 Å². The summed E-state index contributed by atoms with van der Waals surface area (Å²) in [7, 11) is 1.45. The third-order valence-corrected chi connectivity index (χ3v) is 14.4. The van der Waals surface area contributed by atoms with Crippen LogP contribution in [0.4, 0.5) is 0 Å². The molecule has 10 heteroatoms. The van der Waals surface area contributed by atoms with Crippen molar-refractivity contribution in [3.05, 3.63) is 48.6 Å². The van der Waals surface area contributed by atoms with Crippen LogP contribution in [0.2, 0.25) is 0 Å². The van der Waals surface area contributed by atoms with Gasteiger partial charge in [-0.05, 0) is 51.4 Å². The molecule has 0 aliphatic rings. The maximum Gasteiger partial charge on any atom is 0.472 e. The van der Waals surface area contributed by atoms with Crippen molar-refractivity contribution in [3.63, 3.8) is 0 Å². The number of quaternary nitrogens is 1. The second kappa shape index (κ2) is 53.8. The lowest BCUT2D eigenvalue weighted by molar-refractivity contribution is -0.870. The Morgan fingerprint density at radius 3 is 1.18 bits per heavy atom. The standard InChI is InChI=1S/C62H116NO8P/c1-6-8-10-12-14-16-18-20-22-23-24-25-26-27-28-29-30-31-32-33-34-35-36-37-38-39-41-42-44-46-48-50-52-54-61(64)68-58-60(59-70-72(66,67)69-57-56-63(3,4)5)71-62(65)55-53-51-49-47-45-43-40-21-19-17-15-13-11-9-7-2/h9,11,15,17,21,40,45,47,60H,6-8,10,12-14,16,18-20,22-39,41-44,46,48-59H2,1-5H3/p+1/b11-9-,17-15-,40-21-,47-45-. The first-order chi connectivity index (χ1) is 35.0. The molecule has 0 fully saturated rings. The molecular weight excluding hydrogens is 918 g/mol. The Morgan fingerprint density at radius 1 is 0.444 bits per heavy atom. The number of allylic oxidation sites excluding steroid dienone is 8. The fourth-order valence-corrected chi connectivity index (χ4v) is 9.46. The quantitative estimate of drug-likeness (QED) is 0.0211. The van der Waals surface area contributed by atoms with E-state index in [1.54, 1.807) is 0 Å². The third kappa shape index (κ3) is 57.3. The maximum atomic E-state index is 12.7. The maximum absolute atomic E-state index is 12.7. The molecule has 0 saturated carbocycles. The second-order valence-electron chi connectivity index (χ2n) is 21.7. The number of phosphoric acid groups is 1. The number of hydrogen-bond acceptors (Lipinski definition) is 7. The van der Waals surface area contributed by atoms with E-state index in [0.717, 1.165) is 57.8 Å². The van der Waals surface area contributed by atoms with Gasteiger partial charge in [-0.2, -0.15) is 0 Å². The van der Waals surface area contributed by atoms with Gasteiger partial charge in [0.05, 0.1) is 27.7 Å². The Kier molecular flexibility index (Phi) is 52.3. The minimum Gasteiger partial charge on any atom is -0.462 e. The minimum atomic E-state index is -4.39. The summed E-state index contributed by atoms with van der Waals surface area (Å²) in [6.07, 6.45) is 68.0. The highest BCUT2D eigenvalue weighted by atomic mass is 31.2. The van der Waals surface area contributed by atoms with Gasteiger partial charge in [0.25, 0.3) is 0 Å². The number of likely N-dealkylation sites (N-methyl/N-ethyl adjacent to an activating group) is 1. The molecule has 2 unspecified atom stereocenters. The number of carbonyl (C=O) groups excluding carboxylic acids is 2. The zero-order valence-electron chi connectivity index (χ0n) is 47.9. The van der Waals surface area contributed by atoms with E-state index in [9.17, 15) is 19.0 Å². The van der Waals surface area contributed by atoms with Crippen LogP contribution in [-0.4, -0.2) is 74.9 Å². The van der Waals surface area contributed by atoms with Gasteiger partial charge in [0.15, 0.2) is 6.10 Å². The summed E-state index contributed by atoms with van der Waals surface area (Å²) < 4.78 is 34.5. The minimum absolute atomic E-state index is 0.0235. The Morgan fingerprint density at radius 2 is 0.792 bits per heavy atom. The van der Waals surface area contributed by atoms with Gasteiger partial charge >= 0.3 is 19.8 Å². The molecule has 0 heterocycles. The predicted octanol–water partition coefficient (Wildman–Crippen LogP) is 18.9. The normalized spacial score (nSPS) is 13.6. The summed E-state index contributed by atoms with van der Waals surface area (Å²) in [5.41, 5.74) is 0. The van der Waals surface area contributed by atoms with Gasteiger partial charge in [0, 0.05) is 12.8 Å². The lowest BCUT2D eigenvalue weighted by Gasteiger charge is -2.24. The lowest BCUT2D eigenvalue weighted by atomic mass is 10.0. The summed E-state index contributed by atoms with van der Waals surface area (Å²) >= 11 is 0. The van der Waals surface area contributed by atoms with Crippen LogP contribution in [0, 0.1) is 0 Å². The van der Waals surface area contributed by atoms with Gasteiger partial charge in [-0.3, -0.25) is 18.6 Å². The van der Waals surface area contributed by atoms with Crippen LogP contribution < -0.4 is 0 Å². The van der Waals surface area contributed by atoms with Crippen LogP contribution in [-0.2, 0) is 32.7 Å². The molecule has 0 aromatic heterocycles. The zero-order chi connectivity index (χ0) is 52.7. The van der Waals surface area contributed by atoms with Gasteiger partial charge < -0.3 is 18.9 Å². The first-order valence-electron chi connectivity index (χ1n) is 30.4. The number of unbranched alkanes of at least 4 members (excludes halogenated alkanes) is 34. The molecule has 0 aliphatic heterocycles. The van der Waals surface area contributed by atoms with E-state index in [1.807, 2.05) is 21.1 Å². The fraction of sp³-hybridized carbons (Fsp3) is 0.839.